The average Bonchev–Trinajstić information content (AvgIpc) is 3.21. The van der Waals surface area contributed by atoms with Gasteiger partial charge in [-0.2, -0.15) is 0 Å². The molecule has 0 bridgehead atoms. The molecule has 9 heteroatoms. The van der Waals surface area contributed by atoms with Gasteiger partial charge >= 0.3 is 5.69 Å². The summed E-state index contributed by atoms with van der Waals surface area (Å²) < 4.78 is 20.7. The summed E-state index contributed by atoms with van der Waals surface area (Å²) in [5, 5.41) is 10.1. The molecule has 0 aromatic carbocycles. The third-order valence-corrected chi connectivity index (χ3v) is 6.83. The summed E-state index contributed by atoms with van der Waals surface area (Å²) in [5.74, 6) is -0.681. The lowest BCUT2D eigenvalue weighted by Gasteiger charge is -2.33. The summed E-state index contributed by atoms with van der Waals surface area (Å²) in [6.45, 7) is 1.61. The number of aromatic nitrogens is 2. The highest BCUT2D eigenvalue weighted by Crippen LogP contribution is 2.58. The van der Waals surface area contributed by atoms with Crippen LogP contribution in [0.1, 0.15) is 38.8 Å². The number of fused-ring (bicyclic) bond motifs is 1. The summed E-state index contributed by atoms with van der Waals surface area (Å²) in [5.41, 5.74) is -2.96. The predicted molar refractivity (Wildman–Crippen MR) is 95.7 cm³/mol. The van der Waals surface area contributed by atoms with Crippen LogP contribution in [0.5, 0.6) is 0 Å². The Labute approximate surface area is 157 Å². The summed E-state index contributed by atoms with van der Waals surface area (Å²) in [7, 11) is 0. The Morgan fingerprint density at radius 1 is 1.36 bits per heavy atom. The molecule has 3 aliphatic rings. The van der Waals surface area contributed by atoms with Crippen LogP contribution in [0.15, 0.2) is 21.9 Å². The van der Waals surface area contributed by atoms with Crippen molar-refractivity contribution >= 4 is 22.6 Å². The zero-order valence-corrected chi connectivity index (χ0v) is 16.0. The summed E-state index contributed by atoms with van der Waals surface area (Å²) in [6.07, 6.45) is 3.70. The van der Waals surface area contributed by atoms with Crippen molar-refractivity contribution in [3.8, 4) is 0 Å². The van der Waals surface area contributed by atoms with Gasteiger partial charge in [-0.15, -0.1) is 0 Å². The maximum atomic E-state index is 12.3. The first-order valence-electron chi connectivity index (χ1n) is 8.42. The Hall–Kier alpha value is -0.750. The van der Waals surface area contributed by atoms with Crippen molar-refractivity contribution in [1.82, 2.24) is 9.55 Å². The molecule has 1 aromatic rings. The van der Waals surface area contributed by atoms with Crippen molar-refractivity contribution in [2.24, 2.45) is 0 Å². The van der Waals surface area contributed by atoms with Crippen molar-refractivity contribution in [1.29, 1.82) is 0 Å². The number of ether oxygens (including phenoxy) is 3. The lowest BCUT2D eigenvalue weighted by Crippen LogP contribution is -2.51. The predicted octanol–water partition coefficient (Wildman–Crippen LogP) is 0.676. The molecule has 2 unspecified atom stereocenters. The fourth-order valence-corrected chi connectivity index (χ4v) is 5.18. The number of nitrogens with zero attached hydrogens (tertiary/aromatic N) is 1. The van der Waals surface area contributed by atoms with Crippen LogP contribution in [0.2, 0.25) is 0 Å². The zero-order chi connectivity index (χ0) is 17.9. The molecule has 2 N–H and O–H groups in total. The Morgan fingerprint density at radius 2 is 2.08 bits per heavy atom. The Balaban J connectivity index is 1.82. The van der Waals surface area contributed by atoms with E-state index in [-0.39, 0.29) is 6.61 Å². The van der Waals surface area contributed by atoms with E-state index in [0.717, 1.165) is 25.7 Å². The number of nitrogens with one attached hydrogen (secondary N) is 1. The van der Waals surface area contributed by atoms with E-state index in [0.29, 0.717) is 4.43 Å². The van der Waals surface area contributed by atoms with Gasteiger partial charge in [0.05, 0.1) is 6.61 Å². The highest BCUT2D eigenvalue weighted by molar-refractivity contribution is 14.1. The Kier molecular flexibility index (Phi) is 4.15. The number of alkyl halides is 1. The standard InChI is InChI=1S/C16H21IN2O6/c1-14-11(23-16(25-14)5-2-3-6-16)15(8-17,9-20)24-12(14)19-7-4-10(21)18-13(19)22/h4,7,11-12,20H,2-3,5-6,8-9H2,1H3,(H,18,21,22)/t11?,12?,14-,15-/m1/s1. The second-order valence-corrected chi connectivity index (χ2v) is 8.01. The summed E-state index contributed by atoms with van der Waals surface area (Å²) in [4.78, 5) is 26.0. The molecule has 1 saturated carbocycles. The SMILES string of the molecule is C[C@@]12OC3(CCCC3)OC1[C@](CO)(CI)OC2n1ccc(=O)[nH]c1=O. The van der Waals surface area contributed by atoms with Crippen molar-refractivity contribution in [2.45, 2.75) is 61.9 Å². The smallest absolute Gasteiger partial charge is 0.330 e. The fourth-order valence-electron chi connectivity index (χ4n) is 4.36. The van der Waals surface area contributed by atoms with E-state index in [1.807, 2.05) is 6.92 Å². The quantitative estimate of drug-likeness (QED) is 0.504. The van der Waals surface area contributed by atoms with E-state index in [4.69, 9.17) is 14.2 Å². The second kappa shape index (κ2) is 5.88. The van der Waals surface area contributed by atoms with Crippen molar-refractivity contribution in [3.05, 3.63) is 33.1 Å². The summed E-state index contributed by atoms with van der Waals surface area (Å²) >= 11 is 2.15. The first-order chi connectivity index (χ1) is 11.9. The third-order valence-electron chi connectivity index (χ3n) is 5.54. The minimum atomic E-state index is -0.971. The monoisotopic (exact) mass is 464 g/mol. The Morgan fingerprint density at radius 3 is 2.68 bits per heavy atom. The minimum Gasteiger partial charge on any atom is -0.393 e. The number of rotatable bonds is 3. The van der Waals surface area contributed by atoms with Crippen LogP contribution in [0.3, 0.4) is 0 Å². The van der Waals surface area contributed by atoms with Crippen molar-refractivity contribution in [3.63, 3.8) is 0 Å². The summed E-state index contributed by atoms with van der Waals surface area (Å²) in [6, 6.07) is 1.27. The molecular weight excluding hydrogens is 443 g/mol. The van der Waals surface area contributed by atoms with Crippen molar-refractivity contribution in [2.75, 3.05) is 11.0 Å². The van der Waals surface area contributed by atoms with Gasteiger partial charge in [-0.05, 0) is 19.8 Å². The molecule has 0 radical (unpaired) electrons. The van der Waals surface area contributed by atoms with Gasteiger partial charge in [0.1, 0.15) is 17.3 Å². The van der Waals surface area contributed by atoms with Crippen LogP contribution < -0.4 is 11.2 Å². The molecule has 0 amide bonds. The van der Waals surface area contributed by atoms with Gasteiger partial charge in [-0.1, -0.05) is 22.6 Å². The van der Waals surface area contributed by atoms with Gasteiger partial charge in [0.15, 0.2) is 12.0 Å². The first kappa shape index (κ1) is 17.7. The van der Waals surface area contributed by atoms with Crippen LogP contribution in [0, 0.1) is 0 Å². The molecule has 1 spiro atoms. The highest BCUT2D eigenvalue weighted by Gasteiger charge is 2.71. The highest BCUT2D eigenvalue weighted by atomic mass is 127. The number of halogens is 1. The largest absolute Gasteiger partial charge is 0.393 e. The number of hydrogen-bond acceptors (Lipinski definition) is 6. The molecule has 2 saturated heterocycles. The fraction of sp³-hybridized carbons (Fsp3) is 0.750. The Bertz CT molecular complexity index is 781. The van der Waals surface area contributed by atoms with Gasteiger partial charge in [-0.3, -0.25) is 14.3 Å². The van der Waals surface area contributed by atoms with Crippen LogP contribution in [0.4, 0.5) is 0 Å². The maximum Gasteiger partial charge on any atom is 0.330 e. The first-order valence-corrected chi connectivity index (χ1v) is 9.95. The maximum absolute atomic E-state index is 12.3. The van der Waals surface area contributed by atoms with Crippen LogP contribution >= 0.6 is 22.6 Å². The molecule has 138 valence electrons. The average molecular weight is 464 g/mol. The van der Waals surface area contributed by atoms with E-state index in [2.05, 4.69) is 27.6 Å². The van der Waals surface area contributed by atoms with Gasteiger partial charge in [0.25, 0.3) is 5.56 Å². The zero-order valence-electron chi connectivity index (χ0n) is 13.9. The molecule has 1 aromatic heterocycles. The van der Waals surface area contributed by atoms with Gasteiger partial charge in [-0.25, -0.2) is 4.79 Å². The molecule has 2 aliphatic heterocycles. The number of hydrogen-bond donors (Lipinski definition) is 2. The molecule has 3 fully saturated rings. The van der Waals surface area contributed by atoms with Gasteiger partial charge in [0.2, 0.25) is 0 Å². The molecule has 1 aliphatic carbocycles. The molecular formula is C16H21IN2O6. The van der Waals surface area contributed by atoms with Crippen LogP contribution in [-0.4, -0.2) is 48.8 Å². The molecule has 3 heterocycles. The van der Waals surface area contributed by atoms with E-state index < -0.39 is 40.6 Å². The second-order valence-electron chi connectivity index (χ2n) is 7.25. The minimum absolute atomic E-state index is 0.246. The van der Waals surface area contributed by atoms with Crippen molar-refractivity contribution < 1.29 is 19.3 Å². The molecule has 4 rings (SSSR count). The number of aromatic amines is 1. The number of aliphatic hydroxyl groups excluding tert-OH is 1. The molecule has 25 heavy (non-hydrogen) atoms. The van der Waals surface area contributed by atoms with Crippen LogP contribution in [-0.2, 0) is 14.2 Å². The third kappa shape index (κ3) is 2.47. The van der Waals surface area contributed by atoms with E-state index in [1.165, 1.54) is 16.8 Å². The topological polar surface area (TPSA) is 103 Å². The van der Waals surface area contributed by atoms with E-state index in [9.17, 15) is 14.7 Å². The van der Waals surface area contributed by atoms with Gasteiger partial charge < -0.3 is 19.3 Å². The lowest BCUT2D eigenvalue weighted by molar-refractivity contribution is -0.247. The molecule has 4 atom stereocenters. The lowest BCUT2D eigenvalue weighted by atomic mass is 9.89. The van der Waals surface area contributed by atoms with Crippen LogP contribution in [0.25, 0.3) is 0 Å². The van der Waals surface area contributed by atoms with Gasteiger partial charge in [0, 0.05) is 29.5 Å². The molecule has 8 nitrogen and oxygen atoms in total. The van der Waals surface area contributed by atoms with E-state index in [1.54, 1.807) is 0 Å². The van der Waals surface area contributed by atoms with E-state index >= 15 is 0 Å². The normalized spacial score (nSPS) is 39.2. The number of H-pyrrole nitrogens is 1. The number of aliphatic hydroxyl groups is 1.